The van der Waals surface area contributed by atoms with Crippen LogP contribution in [0.25, 0.3) is 0 Å². The number of carbonyl (C=O) groups is 1. The smallest absolute Gasteiger partial charge is 0.217 e. The van der Waals surface area contributed by atoms with Gasteiger partial charge in [0.25, 0.3) is 0 Å². The molecule has 5 rings (SSSR count). The van der Waals surface area contributed by atoms with E-state index >= 15 is 0 Å². The van der Waals surface area contributed by atoms with Crippen LogP contribution in [0.3, 0.4) is 0 Å². The van der Waals surface area contributed by atoms with Crippen molar-refractivity contribution in [2.45, 2.75) is 160 Å². The summed E-state index contributed by atoms with van der Waals surface area (Å²) in [5, 5.41) is 170. The molecule has 0 saturated carbocycles. The van der Waals surface area contributed by atoms with Crippen molar-refractivity contribution in [3.8, 4) is 0 Å². The van der Waals surface area contributed by atoms with E-state index in [-0.39, 0.29) is 0 Å². The summed E-state index contributed by atoms with van der Waals surface area (Å²) in [6, 6.07) is -1.55. The van der Waals surface area contributed by atoms with Gasteiger partial charge in [0.15, 0.2) is 31.5 Å². The number of hydrogen-bond donors (Lipinski definition) is 17. The van der Waals surface area contributed by atoms with Gasteiger partial charge in [-0.25, -0.2) is 0 Å². The molecule has 0 bridgehead atoms. The molecule has 1 unspecified atom stereocenters. The molecule has 1 amide bonds. The molecule has 0 aromatic carbocycles. The lowest BCUT2D eigenvalue weighted by atomic mass is 9.95. The van der Waals surface area contributed by atoms with Crippen LogP contribution in [-0.4, -0.2) is 274 Å². The number of nitrogens with one attached hydrogen (secondary N) is 1. The van der Waals surface area contributed by atoms with Crippen molar-refractivity contribution in [1.29, 1.82) is 0 Å². The number of hydrogen-bond acceptors (Lipinski definition) is 26. The molecule has 5 saturated heterocycles. The Morgan fingerprint density at radius 3 is 1.31 bits per heavy atom. The van der Waals surface area contributed by atoms with Crippen LogP contribution < -0.4 is 5.32 Å². The Morgan fingerprint density at radius 2 is 0.831 bits per heavy atom. The highest BCUT2D eigenvalue weighted by atomic mass is 16.8. The molecule has 0 radical (unpaired) electrons. The summed E-state index contributed by atoms with van der Waals surface area (Å²) in [5.74, 6) is -0.718. The van der Waals surface area contributed by atoms with Crippen LogP contribution in [0, 0.1) is 0 Å². The largest absolute Gasteiger partial charge is 0.394 e. The molecular weight excluding hydrogens is 814 g/mol. The van der Waals surface area contributed by atoms with Crippen molar-refractivity contribution in [3.05, 3.63) is 0 Å². The Kier molecular flexibility index (Phi) is 17.1. The lowest BCUT2D eigenvalue weighted by molar-refractivity contribution is -0.383. The number of rotatable bonds is 14. The lowest BCUT2D eigenvalue weighted by Crippen LogP contribution is -2.68. The van der Waals surface area contributed by atoms with E-state index in [2.05, 4.69) is 5.32 Å². The van der Waals surface area contributed by atoms with Crippen molar-refractivity contribution in [1.82, 2.24) is 5.32 Å². The first-order valence-corrected chi connectivity index (χ1v) is 18.6. The molecule has 5 heterocycles. The predicted octanol–water partition coefficient (Wildman–Crippen LogP) is -11.8. The number of carbonyl (C=O) groups excluding carboxylic acids is 1. The summed E-state index contributed by atoms with van der Waals surface area (Å²) in [5.41, 5.74) is 0. The molecule has 5 aliphatic rings. The third kappa shape index (κ3) is 10.3. The van der Waals surface area contributed by atoms with Gasteiger partial charge in [-0.05, 0) is 0 Å². The summed E-state index contributed by atoms with van der Waals surface area (Å²) in [6.07, 6.45) is -44.5. The number of amides is 1. The van der Waals surface area contributed by atoms with Gasteiger partial charge in [0.2, 0.25) is 5.91 Å². The highest BCUT2D eigenvalue weighted by Gasteiger charge is 2.55. The minimum Gasteiger partial charge on any atom is -0.394 e. The van der Waals surface area contributed by atoms with Gasteiger partial charge in [0, 0.05) is 6.92 Å². The van der Waals surface area contributed by atoms with Gasteiger partial charge in [-0.15, -0.1) is 0 Å². The number of ether oxygens (including phenoxy) is 9. The van der Waals surface area contributed by atoms with Gasteiger partial charge in [-0.2, -0.15) is 0 Å². The highest BCUT2D eigenvalue weighted by molar-refractivity contribution is 5.73. The molecular formula is C32H55NO26. The van der Waals surface area contributed by atoms with Crippen LogP contribution in [0.2, 0.25) is 0 Å². The first-order chi connectivity index (χ1) is 27.9. The van der Waals surface area contributed by atoms with E-state index in [4.69, 9.17) is 42.6 Å². The van der Waals surface area contributed by atoms with Crippen LogP contribution in [0.5, 0.6) is 0 Å². The fourth-order valence-electron chi connectivity index (χ4n) is 7.32. The number of aliphatic hydroxyl groups is 16. The van der Waals surface area contributed by atoms with E-state index in [9.17, 15) is 86.5 Å². The van der Waals surface area contributed by atoms with E-state index in [1.54, 1.807) is 0 Å². The highest BCUT2D eigenvalue weighted by Crippen LogP contribution is 2.34. The minimum atomic E-state index is -2.15. The van der Waals surface area contributed by atoms with E-state index < -0.39 is 192 Å². The lowest BCUT2D eigenvalue weighted by Gasteiger charge is -2.49. The maximum absolute atomic E-state index is 11.8. The van der Waals surface area contributed by atoms with Crippen molar-refractivity contribution >= 4 is 5.91 Å². The van der Waals surface area contributed by atoms with E-state index in [1.807, 2.05) is 0 Å². The Labute approximate surface area is 333 Å². The Bertz CT molecular complexity index is 1320. The average molecular weight is 870 g/mol. The summed E-state index contributed by atoms with van der Waals surface area (Å²) < 4.78 is 50.0. The normalized spacial score (nSPS) is 51.0. The maximum Gasteiger partial charge on any atom is 0.217 e. The van der Waals surface area contributed by atoms with Gasteiger partial charge in [-0.3, -0.25) is 4.79 Å². The molecule has 0 spiro atoms. The second kappa shape index (κ2) is 20.8. The fraction of sp³-hybridized carbons (Fsp3) is 0.969. The Balaban J connectivity index is 1.38. The topological polar surface area (TPSA) is 436 Å². The van der Waals surface area contributed by atoms with Crippen LogP contribution in [0.1, 0.15) is 6.92 Å². The third-order valence-corrected chi connectivity index (χ3v) is 10.7. The summed E-state index contributed by atoms with van der Waals surface area (Å²) >= 11 is 0. The monoisotopic (exact) mass is 869 g/mol. The zero-order chi connectivity index (χ0) is 43.6. The zero-order valence-electron chi connectivity index (χ0n) is 31.2. The summed E-state index contributed by atoms with van der Waals surface area (Å²) in [6.45, 7) is -3.38. The molecule has 0 aromatic rings. The number of aliphatic hydroxyl groups excluding tert-OH is 16. The van der Waals surface area contributed by atoms with Crippen molar-refractivity contribution in [2.75, 3.05) is 33.0 Å². The Hall–Kier alpha value is -1.53. The van der Waals surface area contributed by atoms with E-state index in [1.165, 1.54) is 0 Å². The molecule has 59 heavy (non-hydrogen) atoms. The molecule has 5 aliphatic heterocycles. The summed E-state index contributed by atoms with van der Waals surface area (Å²) in [7, 11) is 0. The zero-order valence-corrected chi connectivity index (χ0v) is 31.2. The van der Waals surface area contributed by atoms with Crippen LogP contribution in [0.15, 0.2) is 0 Å². The van der Waals surface area contributed by atoms with Crippen LogP contribution in [0.4, 0.5) is 0 Å². The molecule has 0 aromatic heterocycles. The van der Waals surface area contributed by atoms with E-state index in [0.29, 0.717) is 0 Å². The van der Waals surface area contributed by atoms with Crippen LogP contribution >= 0.6 is 0 Å². The molecule has 17 N–H and O–H groups in total. The predicted molar refractivity (Wildman–Crippen MR) is 178 cm³/mol. The minimum absolute atomic E-state index is 0.718. The quantitative estimate of drug-likeness (QED) is 0.0770. The molecule has 25 atom stereocenters. The van der Waals surface area contributed by atoms with Gasteiger partial charge in [-0.1, -0.05) is 0 Å². The van der Waals surface area contributed by atoms with Gasteiger partial charge < -0.3 is 130 Å². The van der Waals surface area contributed by atoms with Crippen molar-refractivity contribution in [2.24, 2.45) is 0 Å². The first-order valence-electron chi connectivity index (χ1n) is 18.6. The molecule has 27 heteroatoms. The third-order valence-electron chi connectivity index (χ3n) is 10.7. The second-order valence-electron chi connectivity index (χ2n) is 14.7. The fourth-order valence-corrected chi connectivity index (χ4v) is 7.32. The first kappa shape index (κ1) is 48.5. The van der Waals surface area contributed by atoms with Crippen molar-refractivity contribution < 1.29 is 129 Å². The molecule has 27 nitrogen and oxygen atoms in total. The van der Waals surface area contributed by atoms with E-state index in [0.717, 1.165) is 6.92 Å². The average Bonchev–Trinajstić information content (AvgIpc) is 3.21. The maximum atomic E-state index is 11.8. The molecule has 0 aliphatic carbocycles. The Morgan fingerprint density at radius 1 is 0.441 bits per heavy atom. The molecule has 5 fully saturated rings. The standard InChI is InChI=1S/C32H55NO26/c1-7(38)33-13-18(43)25(11(5-37)52-28(13)50)57-32-24(49)27(59-31-22(47)20(45)15(40)9(3-35)55-31)17(42)12(56-32)6-51-29-23(48)26(16(41)10(4-36)53-29)58-30-21(46)19(44)14(39)8(2-34)54-30/h8-32,34-37,39-50H,2-6H2,1H3,(H,33,38)/t8-,9-,10-,11-,12-,13-,14-,15-,16-,17-,18-,19+,20+,21+,22+,23+,24+,25-,26+,27+,28?,29+,30-,31-,32+/m1/s1. The van der Waals surface area contributed by atoms with Gasteiger partial charge in [0.05, 0.1) is 33.0 Å². The van der Waals surface area contributed by atoms with Crippen molar-refractivity contribution in [3.63, 3.8) is 0 Å². The van der Waals surface area contributed by atoms with Gasteiger partial charge >= 0.3 is 0 Å². The van der Waals surface area contributed by atoms with Gasteiger partial charge in [0.1, 0.15) is 122 Å². The SMILES string of the molecule is CC(=O)N[C@H]1C(O)O[C@H](CO)[C@@H](O[C@@H]2O[C@H](CO[C@H]3O[C@H](CO)[C@@H](O)[C@H](O[C@H]4O[C@H](CO)[C@@H](O)[C@H](O)[C@@H]4O)[C@@H]3O)[C@@H](O)[C@H](O[C@H]3O[C@H](CO)[C@@H](O)[C@H](O)[C@@H]3O)[C@@H]2O)[C@@H]1O. The molecule has 344 valence electrons. The van der Waals surface area contributed by atoms with Crippen LogP contribution in [-0.2, 0) is 47.4 Å². The summed E-state index contributed by atoms with van der Waals surface area (Å²) in [4.78, 5) is 11.8. The second-order valence-corrected chi connectivity index (χ2v) is 14.7.